The van der Waals surface area contributed by atoms with Gasteiger partial charge in [0.1, 0.15) is 0 Å². The Labute approximate surface area is 90.3 Å². The van der Waals surface area contributed by atoms with E-state index in [-0.39, 0.29) is 12.0 Å². The van der Waals surface area contributed by atoms with Crippen molar-refractivity contribution in [2.45, 2.75) is 26.2 Å². The first-order chi connectivity index (χ1) is 7.15. The zero-order chi connectivity index (χ0) is 11.3. The summed E-state index contributed by atoms with van der Waals surface area (Å²) in [6, 6.07) is 0. The van der Waals surface area contributed by atoms with E-state index >= 15 is 0 Å². The molecule has 86 valence electrons. The van der Waals surface area contributed by atoms with E-state index in [4.69, 9.17) is 5.73 Å². The maximum atomic E-state index is 9.44. The van der Waals surface area contributed by atoms with Crippen molar-refractivity contribution in [1.29, 1.82) is 0 Å². The van der Waals surface area contributed by atoms with Crippen LogP contribution in [0.2, 0.25) is 0 Å². The van der Waals surface area contributed by atoms with Gasteiger partial charge in [0.25, 0.3) is 0 Å². The van der Waals surface area contributed by atoms with Gasteiger partial charge in [0.2, 0.25) is 0 Å². The molecular formula is C10H20N4O. The van der Waals surface area contributed by atoms with E-state index in [1.807, 2.05) is 13.2 Å². The molecule has 3 N–H and O–H groups in total. The van der Waals surface area contributed by atoms with Gasteiger partial charge in [-0.3, -0.25) is 4.68 Å². The number of rotatable bonds is 6. The summed E-state index contributed by atoms with van der Waals surface area (Å²) in [6.45, 7) is 2.68. The molecule has 0 amide bonds. The van der Waals surface area contributed by atoms with Crippen molar-refractivity contribution >= 4 is 0 Å². The smallest absolute Gasteiger partial charge is 0.0833 e. The van der Waals surface area contributed by atoms with Gasteiger partial charge < -0.3 is 10.8 Å². The topological polar surface area (TPSA) is 77.0 Å². The molecule has 1 rings (SSSR count). The van der Waals surface area contributed by atoms with E-state index in [9.17, 15) is 5.11 Å². The number of hydrogen-bond acceptors (Lipinski definition) is 4. The van der Waals surface area contributed by atoms with Crippen molar-refractivity contribution < 1.29 is 5.11 Å². The molecule has 0 radical (unpaired) electrons. The molecule has 0 bridgehead atoms. The molecule has 0 saturated carbocycles. The summed E-state index contributed by atoms with van der Waals surface area (Å²) in [5.41, 5.74) is 6.41. The number of hydrogen-bond donors (Lipinski definition) is 2. The quantitative estimate of drug-likeness (QED) is 0.701. The second kappa shape index (κ2) is 5.23. The summed E-state index contributed by atoms with van der Waals surface area (Å²) in [4.78, 5) is 0. The summed E-state index contributed by atoms with van der Waals surface area (Å²) >= 11 is 0. The average molecular weight is 212 g/mol. The highest BCUT2D eigenvalue weighted by Crippen LogP contribution is 2.26. The van der Waals surface area contributed by atoms with Gasteiger partial charge in [-0.2, -0.15) is 0 Å². The molecule has 5 nitrogen and oxygen atoms in total. The summed E-state index contributed by atoms with van der Waals surface area (Å²) in [5.74, 6) is 0. The number of aliphatic hydroxyl groups excluding tert-OH is 1. The molecule has 1 heterocycles. The fourth-order valence-electron chi connectivity index (χ4n) is 1.85. The highest BCUT2D eigenvalue weighted by molar-refractivity contribution is 4.99. The van der Waals surface area contributed by atoms with Gasteiger partial charge in [-0.25, -0.2) is 0 Å². The highest BCUT2D eigenvalue weighted by atomic mass is 16.3. The van der Waals surface area contributed by atoms with Crippen molar-refractivity contribution in [3.8, 4) is 0 Å². The Bertz CT molecular complexity index is 293. The largest absolute Gasteiger partial charge is 0.396 e. The van der Waals surface area contributed by atoms with Gasteiger partial charge in [-0.05, 0) is 6.42 Å². The lowest BCUT2D eigenvalue weighted by Gasteiger charge is -2.29. The van der Waals surface area contributed by atoms with Gasteiger partial charge in [0.05, 0.1) is 12.3 Å². The maximum absolute atomic E-state index is 9.44. The van der Waals surface area contributed by atoms with Gasteiger partial charge in [0, 0.05) is 31.6 Å². The van der Waals surface area contributed by atoms with Crippen molar-refractivity contribution in [1.82, 2.24) is 15.0 Å². The Kier molecular flexibility index (Phi) is 4.23. The Morgan fingerprint density at radius 3 is 2.73 bits per heavy atom. The second-order valence-corrected chi connectivity index (χ2v) is 4.17. The molecule has 0 aliphatic rings. The first-order valence-electron chi connectivity index (χ1n) is 5.32. The fourth-order valence-corrected chi connectivity index (χ4v) is 1.85. The summed E-state index contributed by atoms with van der Waals surface area (Å²) in [6.07, 6.45) is 4.49. The van der Waals surface area contributed by atoms with Gasteiger partial charge in [-0.15, -0.1) is 5.10 Å². The second-order valence-electron chi connectivity index (χ2n) is 4.17. The molecule has 0 spiro atoms. The van der Waals surface area contributed by atoms with Crippen LogP contribution in [0.4, 0.5) is 0 Å². The normalized spacial score (nSPS) is 15.2. The summed E-state index contributed by atoms with van der Waals surface area (Å²) in [7, 11) is 1.83. The van der Waals surface area contributed by atoms with E-state index < -0.39 is 0 Å². The molecule has 1 unspecified atom stereocenters. The van der Waals surface area contributed by atoms with Gasteiger partial charge in [0.15, 0.2) is 0 Å². The fraction of sp³-hybridized carbons (Fsp3) is 0.800. The van der Waals surface area contributed by atoms with Crippen LogP contribution in [0.5, 0.6) is 0 Å². The third kappa shape index (κ3) is 3.00. The van der Waals surface area contributed by atoms with Crippen LogP contribution >= 0.6 is 0 Å². The standard InChI is InChI=1S/C10H20N4O/c1-3-4-10(7-11,8-15)5-9-6-14(2)13-12-9/h6,15H,3-5,7-8,11H2,1-2H3. The van der Waals surface area contributed by atoms with Crippen LogP contribution in [0, 0.1) is 5.41 Å². The van der Waals surface area contributed by atoms with E-state index in [2.05, 4.69) is 17.2 Å². The zero-order valence-electron chi connectivity index (χ0n) is 9.48. The molecule has 0 aliphatic carbocycles. The third-order valence-corrected chi connectivity index (χ3v) is 2.75. The lowest BCUT2D eigenvalue weighted by molar-refractivity contribution is 0.120. The van der Waals surface area contributed by atoms with Crippen LogP contribution in [0.15, 0.2) is 6.20 Å². The zero-order valence-corrected chi connectivity index (χ0v) is 9.48. The van der Waals surface area contributed by atoms with Gasteiger partial charge in [-0.1, -0.05) is 18.6 Å². The van der Waals surface area contributed by atoms with E-state index in [1.54, 1.807) is 4.68 Å². The van der Waals surface area contributed by atoms with Crippen molar-refractivity contribution in [2.24, 2.45) is 18.2 Å². The third-order valence-electron chi connectivity index (χ3n) is 2.75. The average Bonchev–Trinajstić information content (AvgIpc) is 2.63. The van der Waals surface area contributed by atoms with Crippen LogP contribution in [0.25, 0.3) is 0 Å². The monoisotopic (exact) mass is 212 g/mol. The minimum Gasteiger partial charge on any atom is -0.396 e. The molecule has 1 aromatic rings. The molecule has 0 fully saturated rings. The number of nitrogens with two attached hydrogens (primary N) is 1. The number of nitrogens with zero attached hydrogens (tertiary/aromatic N) is 3. The predicted molar refractivity (Wildman–Crippen MR) is 58.2 cm³/mol. The van der Waals surface area contributed by atoms with Crippen molar-refractivity contribution in [2.75, 3.05) is 13.2 Å². The van der Waals surface area contributed by atoms with Crippen LogP contribution in [0.3, 0.4) is 0 Å². The molecule has 0 saturated heterocycles. The Morgan fingerprint density at radius 2 is 2.33 bits per heavy atom. The summed E-state index contributed by atoms with van der Waals surface area (Å²) in [5, 5.41) is 17.3. The first kappa shape index (κ1) is 12.1. The van der Waals surface area contributed by atoms with E-state index in [1.165, 1.54) is 0 Å². The molecule has 0 aromatic carbocycles. The molecular weight excluding hydrogens is 192 g/mol. The Morgan fingerprint density at radius 1 is 1.60 bits per heavy atom. The number of aliphatic hydroxyl groups is 1. The van der Waals surface area contributed by atoms with Crippen LogP contribution < -0.4 is 5.73 Å². The number of aryl methyl sites for hydroxylation is 1. The van der Waals surface area contributed by atoms with Gasteiger partial charge >= 0.3 is 0 Å². The first-order valence-corrected chi connectivity index (χ1v) is 5.32. The van der Waals surface area contributed by atoms with Crippen LogP contribution in [0.1, 0.15) is 25.5 Å². The minimum atomic E-state index is -0.231. The molecule has 15 heavy (non-hydrogen) atoms. The molecule has 1 aromatic heterocycles. The van der Waals surface area contributed by atoms with Crippen LogP contribution in [-0.4, -0.2) is 33.3 Å². The minimum absolute atomic E-state index is 0.105. The molecule has 1 atom stereocenters. The van der Waals surface area contributed by atoms with Crippen LogP contribution in [-0.2, 0) is 13.5 Å². The highest BCUT2D eigenvalue weighted by Gasteiger charge is 2.28. The molecule has 0 aliphatic heterocycles. The predicted octanol–water partition coefficient (Wildman–Crippen LogP) is 0.0951. The maximum Gasteiger partial charge on any atom is 0.0833 e. The SMILES string of the molecule is CCCC(CN)(CO)Cc1cn(C)nn1. The van der Waals surface area contributed by atoms with E-state index in [0.717, 1.165) is 18.5 Å². The Hall–Kier alpha value is -0.940. The van der Waals surface area contributed by atoms with Crippen molar-refractivity contribution in [3.05, 3.63) is 11.9 Å². The Balaban J connectivity index is 2.73. The van der Waals surface area contributed by atoms with E-state index in [0.29, 0.717) is 13.0 Å². The molecule has 5 heteroatoms. The number of aromatic nitrogens is 3. The van der Waals surface area contributed by atoms with Crippen molar-refractivity contribution in [3.63, 3.8) is 0 Å². The summed E-state index contributed by atoms with van der Waals surface area (Å²) < 4.78 is 1.67. The lowest BCUT2D eigenvalue weighted by atomic mass is 9.80. The lowest BCUT2D eigenvalue weighted by Crippen LogP contribution is -2.36.